The first-order valence-corrected chi connectivity index (χ1v) is 16.7. The lowest BCUT2D eigenvalue weighted by Crippen LogP contribution is -2.31. The zero-order chi connectivity index (χ0) is 33.6. The third-order valence-corrected chi connectivity index (χ3v) is 9.96. The van der Waals surface area contributed by atoms with Gasteiger partial charge < -0.3 is 0 Å². The van der Waals surface area contributed by atoms with Gasteiger partial charge in [0.2, 0.25) is 0 Å². The topological polar surface area (TPSA) is 41.1 Å². The highest BCUT2D eigenvalue weighted by atomic mass is 15.0. The molecule has 0 N–H and O–H groups in total. The predicted octanol–water partition coefficient (Wildman–Crippen LogP) is 10.3. The minimum Gasteiger partial charge on any atom is -0.292 e. The normalized spacial score (nSPS) is 15.1. The minimum atomic E-state index is 0.145. The molecule has 0 spiro atoms. The van der Waals surface area contributed by atoms with E-state index >= 15 is 0 Å². The van der Waals surface area contributed by atoms with Crippen LogP contribution >= 0.6 is 0 Å². The number of pyridine rings is 1. The molecule has 0 aliphatic heterocycles. The fourth-order valence-electron chi connectivity index (χ4n) is 7.67. The van der Waals surface area contributed by atoms with Crippen LogP contribution in [0.2, 0.25) is 0 Å². The van der Waals surface area contributed by atoms with Crippen LogP contribution in [0.5, 0.6) is 0 Å². The second-order valence-corrected chi connectivity index (χ2v) is 12.7. The van der Waals surface area contributed by atoms with Gasteiger partial charge in [-0.2, -0.15) is 5.26 Å². The van der Waals surface area contributed by atoms with Crippen LogP contribution < -0.4 is 10.4 Å². The van der Waals surface area contributed by atoms with Gasteiger partial charge in [-0.15, -0.1) is 0 Å². The molecule has 1 aliphatic carbocycles. The van der Waals surface area contributed by atoms with Gasteiger partial charge in [0.1, 0.15) is 5.65 Å². The Morgan fingerprint density at radius 3 is 2.35 bits per heavy atom. The van der Waals surface area contributed by atoms with Crippen molar-refractivity contribution in [1.29, 1.82) is 5.26 Å². The molecule has 2 aromatic heterocycles. The number of benzene rings is 5. The van der Waals surface area contributed by atoms with Gasteiger partial charge in [-0.25, -0.2) is 4.98 Å². The number of fused-ring (bicyclic) bond motifs is 6. The van der Waals surface area contributed by atoms with E-state index in [1.807, 2.05) is 18.2 Å². The molecule has 0 saturated heterocycles. The van der Waals surface area contributed by atoms with E-state index in [2.05, 4.69) is 153 Å². The fraction of sp³-hybridized carbons (Fsp3) is 0.0870. The number of hydrogen-bond donors (Lipinski definition) is 0. The molecule has 0 bridgehead atoms. The molecule has 8 rings (SSSR count). The SMILES string of the molecule is C=C/C=c1/c(-c2ccc(-c3ccc4c(/C=C\C)c(C)c5nc6ccccc6n5c4c3)cc2)c2ccccc2c(C2C=CC(C#N)=CC2)c1=C. The number of para-hydroxylation sites is 2. The molecule has 3 heteroatoms. The van der Waals surface area contributed by atoms with Crippen LogP contribution in [0.3, 0.4) is 0 Å². The van der Waals surface area contributed by atoms with Crippen molar-refractivity contribution in [3.05, 3.63) is 161 Å². The lowest BCUT2D eigenvalue weighted by atomic mass is 9.82. The van der Waals surface area contributed by atoms with E-state index in [4.69, 9.17) is 4.98 Å². The Hall–Kier alpha value is -6.24. The third-order valence-electron chi connectivity index (χ3n) is 9.96. The van der Waals surface area contributed by atoms with Crippen molar-refractivity contribution in [2.45, 2.75) is 26.2 Å². The van der Waals surface area contributed by atoms with Gasteiger partial charge in [0.25, 0.3) is 0 Å². The van der Waals surface area contributed by atoms with E-state index in [-0.39, 0.29) is 5.92 Å². The largest absolute Gasteiger partial charge is 0.292 e. The van der Waals surface area contributed by atoms with E-state index in [9.17, 15) is 5.26 Å². The van der Waals surface area contributed by atoms with Gasteiger partial charge in [-0.3, -0.25) is 4.40 Å². The van der Waals surface area contributed by atoms with Gasteiger partial charge in [-0.1, -0.05) is 122 Å². The summed E-state index contributed by atoms with van der Waals surface area (Å²) < 4.78 is 2.31. The summed E-state index contributed by atoms with van der Waals surface area (Å²) in [6.07, 6.45) is 15.1. The van der Waals surface area contributed by atoms with Crippen LogP contribution in [0.1, 0.15) is 36.0 Å². The molecule has 2 heterocycles. The summed E-state index contributed by atoms with van der Waals surface area (Å²) >= 11 is 0. The quantitative estimate of drug-likeness (QED) is 0.190. The molecule has 0 amide bonds. The molecule has 0 saturated carbocycles. The van der Waals surface area contributed by atoms with Gasteiger partial charge >= 0.3 is 0 Å². The Balaban J connectivity index is 1.29. The average molecular weight is 630 g/mol. The molecule has 1 unspecified atom stereocenters. The van der Waals surface area contributed by atoms with E-state index in [0.717, 1.165) is 61.3 Å². The highest BCUT2D eigenvalue weighted by Crippen LogP contribution is 2.36. The van der Waals surface area contributed by atoms with E-state index in [1.54, 1.807) is 0 Å². The standard InChI is InChI=1S/C46H35N3/c1-5-11-36-30(4)46-48-41-15-9-10-16-42(41)49(46)43-27-35(25-26-38(36)43)32-21-23-34(24-22-32)45-37(12-6-2)29(3)44(39-13-7-8-14-40(39)45)33-19-17-31(28-47)18-20-33/h5-19,21-27,33H,2-3,20H2,1,4H3/b11-5-,37-12+. The molecule has 49 heavy (non-hydrogen) atoms. The predicted molar refractivity (Wildman–Crippen MR) is 208 cm³/mol. The summed E-state index contributed by atoms with van der Waals surface area (Å²) in [6.45, 7) is 12.9. The zero-order valence-electron chi connectivity index (χ0n) is 27.7. The first-order chi connectivity index (χ1) is 24.0. The summed E-state index contributed by atoms with van der Waals surface area (Å²) in [5, 5.41) is 15.1. The number of nitriles is 1. The molecule has 0 fully saturated rings. The molecule has 234 valence electrons. The molecule has 5 aromatic carbocycles. The molecule has 7 aromatic rings. The summed E-state index contributed by atoms with van der Waals surface area (Å²) in [4.78, 5) is 5.05. The second kappa shape index (κ2) is 12.1. The van der Waals surface area contributed by atoms with Crippen molar-refractivity contribution in [1.82, 2.24) is 9.38 Å². The highest BCUT2D eigenvalue weighted by Gasteiger charge is 2.20. The Morgan fingerprint density at radius 1 is 0.878 bits per heavy atom. The van der Waals surface area contributed by atoms with Gasteiger partial charge in [0, 0.05) is 22.4 Å². The maximum atomic E-state index is 9.40. The van der Waals surface area contributed by atoms with Gasteiger partial charge in [0.05, 0.1) is 22.6 Å². The number of rotatable bonds is 5. The first kappa shape index (κ1) is 30.1. The molecule has 0 radical (unpaired) electrons. The maximum Gasteiger partial charge on any atom is 0.141 e. The molecule has 3 nitrogen and oxygen atoms in total. The van der Waals surface area contributed by atoms with Crippen molar-refractivity contribution in [2.24, 2.45) is 0 Å². The lowest BCUT2D eigenvalue weighted by molar-refractivity contribution is 0.850. The Bertz CT molecular complexity index is 2750. The van der Waals surface area contributed by atoms with Crippen LogP contribution in [-0.4, -0.2) is 9.38 Å². The van der Waals surface area contributed by atoms with Crippen molar-refractivity contribution < 1.29 is 0 Å². The van der Waals surface area contributed by atoms with Crippen molar-refractivity contribution in [3.63, 3.8) is 0 Å². The number of hydrogen-bond acceptors (Lipinski definition) is 2. The number of imidazole rings is 1. The Morgan fingerprint density at radius 2 is 1.61 bits per heavy atom. The van der Waals surface area contributed by atoms with E-state index in [0.29, 0.717) is 5.57 Å². The van der Waals surface area contributed by atoms with Crippen LogP contribution in [0.4, 0.5) is 0 Å². The Labute approximate surface area is 286 Å². The smallest absolute Gasteiger partial charge is 0.141 e. The van der Waals surface area contributed by atoms with Gasteiger partial charge in [0.15, 0.2) is 0 Å². The van der Waals surface area contributed by atoms with Crippen LogP contribution in [0, 0.1) is 18.3 Å². The molecular weight excluding hydrogens is 595 g/mol. The third kappa shape index (κ3) is 4.84. The Kier molecular flexibility index (Phi) is 7.43. The maximum absolute atomic E-state index is 9.40. The van der Waals surface area contributed by atoms with E-state index in [1.165, 1.54) is 32.8 Å². The van der Waals surface area contributed by atoms with Crippen LogP contribution in [0.15, 0.2) is 134 Å². The minimum absolute atomic E-state index is 0.145. The fourth-order valence-corrected chi connectivity index (χ4v) is 7.67. The average Bonchev–Trinajstić information content (AvgIpc) is 3.54. The summed E-state index contributed by atoms with van der Waals surface area (Å²) in [7, 11) is 0. The molecular formula is C46H35N3. The summed E-state index contributed by atoms with van der Waals surface area (Å²) in [6, 6.07) is 34.9. The van der Waals surface area contributed by atoms with Crippen molar-refractivity contribution in [2.75, 3.05) is 0 Å². The molecule has 1 aliphatic rings. The monoisotopic (exact) mass is 629 g/mol. The van der Waals surface area contributed by atoms with Gasteiger partial charge in [-0.05, 0) is 99.1 Å². The number of aromatic nitrogens is 2. The number of allylic oxidation sites excluding steroid dienone is 6. The molecule has 1 atom stereocenters. The lowest BCUT2D eigenvalue weighted by Gasteiger charge is -2.21. The summed E-state index contributed by atoms with van der Waals surface area (Å²) in [5.41, 5.74) is 13.1. The summed E-state index contributed by atoms with van der Waals surface area (Å²) in [5.74, 6) is 0.145. The first-order valence-electron chi connectivity index (χ1n) is 16.7. The van der Waals surface area contributed by atoms with Crippen LogP contribution in [-0.2, 0) is 0 Å². The van der Waals surface area contributed by atoms with E-state index < -0.39 is 0 Å². The second-order valence-electron chi connectivity index (χ2n) is 12.7. The highest BCUT2D eigenvalue weighted by molar-refractivity contribution is 6.01. The number of nitrogens with zero attached hydrogens (tertiary/aromatic N) is 3. The van der Waals surface area contributed by atoms with Crippen LogP contribution in [0.25, 0.3) is 79.3 Å². The number of aryl methyl sites for hydroxylation is 1. The zero-order valence-corrected chi connectivity index (χ0v) is 27.7. The van der Waals surface area contributed by atoms with Crippen molar-refractivity contribution >= 4 is 57.1 Å². The van der Waals surface area contributed by atoms with Crippen molar-refractivity contribution in [3.8, 4) is 28.3 Å².